The number of halogens is 1. The summed E-state index contributed by atoms with van der Waals surface area (Å²) < 4.78 is 15.1. The van der Waals surface area contributed by atoms with Gasteiger partial charge in [0.2, 0.25) is 0 Å². The van der Waals surface area contributed by atoms with Crippen LogP contribution in [0, 0.1) is 12.3 Å². The normalized spacial score (nSPS) is 19.3. The van der Waals surface area contributed by atoms with Gasteiger partial charge in [0, 0.05) is 32.1 Å². The number of pyridine rings is 1. The summed E-state index contributed by atoms with van der Waals surface area (Å²) in [4.78, 5) is 21.4. The fourth-order valence-electron chi connectivity index (χ4n) is 2.38. The highest BCUT2D eigenvalue weighted by atomic mass is 19.1. The van der Waals surface area contributed by atoms with E-state index in [1.165, 1.54) is 0 Å². The summed E-state index contributed by atoms with van der Waals surface area (Å²) in [5.41, 5.74) is -0.621. The molecule has 0 bridgehead atoms. The smallest absolute Gasteiger partial charge is 0.330 e. The summed E-state index contributed by atoms with van der Waals surface area (Å²) in [5, 5.41) is 1.56. The molecule has 1 aromatic rings. The molecule has 1 saturated heterocycles. The Balaban J connectivity index is 2.00. The number of hydrogen-bond donors (Lipinski definition) is 0. The number of hydrogen-bond acceptors (Lipinski definition) is 4. The molecule has 2 rings (SSSR count). The van der Waals surface area contributed by atoms with Gasteiger partial charge in [-0.2, -0.15) is 0 Å². The molecule has 1 aliphatic heterocycles. The fraction of sp³-hybridized carbons (Fsp3) is 0.625. The van der Waals surface area contributed by atoms with Crippen LogP contribution in [0.15, 0.2) is 18.3 Å². The Morgan fingerprint density at radius 3 is 2.52 bits per heavy atom. The lowest BCUT2D eigenvalue weighted by Gasteiger charge is -2.36. The summed E-state index contributed by atoms with van der Waals surface area (Å²) in [6.45, 7) is 8.04. The van der Waals surface area contributed by atoms with Gasteiger partial charge in [-0.05, 0) is 39.3 Å². The first-order chi connectivity index (χ1) is 9.72. The Labute approximate surface area is 125 Å². The molecule has 0 atom stereocenters. The van der Waals surface area contributed by atoms with Crippen LogP contribution in [-0.2, 0) is 15.3 Å². The predicted molar refractivity (Wildman–Crippen MR) is 78.1 cm³/mol. The Bertz CT molecular complexity index is 517. The van der Waals surface area contributed by atoms with Crippen molar-refractivity contribution in [3.8, 4) is 0 Å². The fourth-order valence-corrected chi connectivity index (χ4v) is 2.38. The third-order valence-corrected chi connectivity index (χ3v) is 3.77. The third kappa shape index (κ3) is 3.59. The van der Waals surface area contributed by atoms with Gasteiger partial charge in [-0.15, -0.1) is 5.06 Å². The second-order valence-electron chi connectivity index (χ2n) is 6.69. The van der Waals surface area contributed by atoms with E-state index in [9.17, 15) is 4.79 Å². The maximum atomic E-state index is 15.1. The second-order valence-corrected chi connectivity index (χ2v) is 6.69. The number of aromatic nitrogens is 1. The second kappa shape index (κ2) is 5.72. The molecule has 0 spiro atoms. The van der Waals surface area contributed by atoms with Gasteiger partial charge in [-0.1, -0.05) is 6.07 Å². The average Bonchev–Trinajstić information content (AvgIpc) is 2.41. The number of hydroxylamine groups is 2. The lowest BCUT2D eigenvalue weighted by atomic mass is 9.88. The van der Waals surface area contributed by atoms with E-state index in [-0.39, 0.29) is 18.8 Å². The molecular formula is C16H23FN2O2. The summed E-state index contributed by atoms with van der Waals surface area (Å²) in [5.74, 6) is -0.289. The van der Waals surface area contributed by atoms with Gasteiger partial charge in [0.15, 0.2) is 5.67 Å². The highest BCUT2D eigenvalue weighted by molar-refractivity contribution is 5.75. The number of alkyl halides is 1. The number of rotatable bonds is 2. The minimum Gasteiger partial charge on any atom is -0.367 e. The van der Waals surface area contributed by atoms with Crippen LogP contribution in [0.5, 0.6) is 0 Å². The van der Waals surface area contributed by atoms with Gasteiger partial charge < -0.3 is 4.84 Å². The molecule has 1 aromatic heterocycles. The summed E-state index contributed by atoms with van der Waals surface area (Å²) >= 11 is 0. The van der Waals surface area contributed by atoms with E-state index >= 15 is 4.39 Å². The van der Waals surface area contributed by atoms with E-state index in [2.05, 4.69) is 4.98 Å². The van der Waals surface area contributed by atoms with Gasteiger partial charge in [0.05, 0.1) is 11.1 Å². The van der Waals surface area contributed by atoms with E-state index in [1.54, 1.807) is 32.0 Å². The predicted octanol–water partition coefficient (Wildman–Crippen LogP) is 3.15. The van der Waals surface area contributed by atoms with Crippen molar-refractivity contribution in [2.45, 2.75) is 46.2 Å². The average molecular weight is 294 g/mol. The number of carbonyl (C=O) groups is 1. The van der Waals surface area contributed by atoms with Crippen LogP contribution in [0.4, 0.5) is 4.39 Å². The van der Waals surface area contributed by atoms with Gasteiger partial charge in [-0.25, -0.2) is 9.18 Å². The SMILES string of the molecule is Cc1cccnc1C1(F)CCN(OC(=O)C(C)(C)C)CC1. The third-order valence-electron chi connectivity index (χ3n) is 3.77. The van der Waals surface area contributed by atoms with Crippen molar-refractivity contribution in [1.82, 2.24) is 10.0 Å². The topological polar surface area (TPSA) is 42.4 Å². The molecule has 1 fully saturated rings. The molecule has 21 heavy (non-hydrogen) atoms. The van der Waals surface area contributed by atoms with Crippen LogP contribution in [0.2, 0.25) is 0 Å². The van der Waals surface area contributed by atoms with Crippen LogP contribution in [-0.4, -0.2) is 29.1 Å². The van der Waals surface area contributed by atoms with Crippen LogP contribution in [0.3, 0.4) is 0 Å². The molecule has 5 heteroatoms. The van der Waals surface area contributed by atoms with Crippen molar-refractivity contribution in [2.75, 3.05) is 13.1 Å². The molecule has 0 aromatic carbocycles. The van der Waals surface area contributed by atoms with E-state index in [0.717, 1.165) is 5.56 Å². The quantitative estimate of drug-likeness (QED) is 0.840. The molecule has 0 amide bonds. The van der Waals surface area contributed by atoms with Crippen LogP contribution < -0.4 is 0 Å². The Morgan fingerprint density at radius 1 is 1.38 bits per heavy atom. The molecule has 1 aliphatic rings. The van der Waals surface area contributed by atoms with Crippen molar-refractivity contribution >= 4 is 5.97 Å². The zero-order valence-electron chi connectivity index (χ0n) is 13.1. The van der Waals surface area contributed by atoms with Crippen molar-refractivity contribution in [3.63, 3.8) is 0 Å². The highest BCUT2D eigenvalue weighted by Gasteiger charge is 2.40. The largest absolute Gasteiger partial charge is 0.367 e. The first-order valence-electron chi connectivity index (χ1n) is 7.31. The molecule has 116 valence electrons. The van der Waals surface area contributed by atoms with Gasteiger partial charge in [0.1, 0.15) is 0 Å². The van der Waals surface area contributed by atoms with Crippen molar-refractivity contribution in [1.29, 1.82) is 0 Å². The van der Waals surface area contributed by atoms with Crippen molar-refractivity contribution < 1.29 is 14.0 Å². The van der Waals surface area contributed by atoms with Gasteiger partial charge in [-0.3, -0.25) is 4.98 Å². The molecule has 4 nitrogen and oxygen atoms in total. The molecule has 0 aliphatic carbocycles. The first-order valence-corrected chi connectivity index (χ1v) is 7.31. The Kier molecular flexibility index (Phi) is 4.33. The monoisotopic (exact) mass is 294 g/mol. The maximum absolute atomic E-state index is 15.1. The summed E-state index contributed by atoms with van der Waals surface area (Å²) in [6.07, 6.45) is 2.18. The highest BCUT2D eigenvalue weighted by Crippen LogP contribution is 2.37. The minimum absolute atomic E-state index is 0.280. The van der Waals surface area contributed by atoms with E-state index in [0.29, 0.717) is 18.8 Å². The maximum Gasteiger partial charge on any atom is 0.330 e. The summed E-state index contributed by atoms with van der Waals surface area (Å²) in [6, 6.07) is 3.68. The molecular weight excluding hydrogens is 271 g/mol. The van der Waals surface area contributed by atoms with Crippen molar-refractivity contribution in [2.24, 2.45) is 5.41 Å². The molecule has 0 radical (unpaired) electrons. The van der Waals surface area contributed by atoms with Crippen molar-refractivity contribution in [3.05, 3.63) is 29.6 Å². The summed E-state index contributed by atoms with van der Waals surface area (Å²) in [7, 11) is 0. The Morgan fingerprint density at radius 2 is 2.00 bits per heavy atom. The van der Waals surface area contributed by atoms with Gasteiger partial charge in [0.25, 0.3) is 0 Å². The Hall–Kier alpha value is -1.49. The number of carbonyl (C=O) groups excluding carboxylic acids is 1. The van der Waals surface area contributed by atoms with Crippen LogP contribution >= 0.6 is 0 Å². The lowest BCUT2D eigenvalue weighted by molar-refractivity contribution is -0.210. The van der Waals surface area contributed by atoms with Gasteiger partial charge >= 0.3 is 5.97 Å². The standard InChI is InChI=1S/C16H23FN2O2/c1-12-6-5-9-18-13(12)16(17)7-10-19(11-8-16)21-14(20)15(2,3)4/h5-6,9H,7-8,10-11H2,1-4H3. The number of aryl methyl sites for hydroxylation is 1. The first kappa shape index (κ1) is 15.9. The molecule has 0 N–H and O–H groups in total. The lowest BCUT2D eigenvalue weighted by Crippen LogP contribution is -2.43. The molecule has 2 heterocycles. The van der Waals surface area contributed by atoms with Crippen LogP contribution in [0.25, 0.3) is 0 Å². The van der Waals surface area contributed by atoms with Crippen LogP contribution in [0.1, 0.15) is 44.9 Å². The zero-order chi connectivity index (χ0) is 15.7. The molecule has 0 saturated carbocycles. The van der Waals surface area contributed by atoms with E-state index in [4.69, 9.17) is 4.84 Å². The number of piperidine rings is 1. The number of nitrogens with zero attached hydrogens (tertiary/aromatic N) is 2. The molecule has 0 unspecified atom stereocenters. The zero-order valence-corrected chi connectivity index (χ0v) is 13.1. The van der Waals surface area contributed by atoms with E-state index < -0.39 is 11.1 Å². The van der Waals surface area contributed by atoms with E-state index in [1.807, 2.05) is 19.1 Å². The minimum atomic E-state index is -1.43.